The molecule has 0 saturated carbocycles. The molecule has 1 atom stereocenters. The largest absolute Gasteiger partial charge is 0.338 e. The van der Waals surface area contributed by atoms with Crippen molar-refractivity contribution in [1.29, 1.82) is 0 Å². The van der Waals surface area contributed by atoms with Crippen molar-refractivity contribution in [1.82, 2.24) is 9.88 Å². The van der Waals surface area contributed by atoms with Gasteiger partial charge in [-0.15, -0.1) is 0 Å². The Morgan fingerprint density at radius 2 is 2.00 bits per heavy atom. The Kier molecular flexibility index (Phi) is 4.84. The van der Waals surface area contributed by atoms with Gasteiger partial charge in [0.2, 0.25) is 5.91 Å². The predicted octanol–water partition coefficient (Wildman–Crippen LogP) is 2.71. The molecular formula is C18H18FN3O2. The average molecular weight is 327 g/mol. The van der Waals surface area contributed by atoms with Gasteiger partial charge in [0.25, 0.3) is 5.91 Å². The highest BCUT2D eigenvalue weighted by molar-refractivity contribution is 5.96. The summed E-state index contributed by atoms with van der Waals surface area (Å²) in [5.41, 5.74) is 1.08. The monoisotopic (exact) mass is 327 g/mol. The molecule has 1 fully saturated rings. The highest BCUT2D eigenvalue weighted by atomic mass is 19.1. The molecule has 1 aromatic carbocycles. The Labute approximate surface area is 139 Å². The lowest BCUT2D eigenvalue weighted by atomic mass is 9.96. The molecule has 2 aromatic rings. The van der Waals surface area contributed by atoms with Gasteiger partial charge in [0, 0.05) is 24.8 Å². The molecule has 5 nitrogen and oxygen atoms in total. The third-order valence-corrected chi connectivity index (χ3v) is 4.10. The third-order valence-electron chi connectivity index (χ3n) is 4.10. The maximum atomic E-state index is 13.0. The highest BCUT2D eigenvalue weighted by Crippen LogP contribution is 2.20. The predicted molar refractivity (Wildman–Crippen MR) is 87.9 cm³/mol. The Hall–Kier alpha value is -2.76. The van der Waals surface area contributed by atoms with Crippen LogP contribution in [0.5, 0.6) is 0 Å². The number of halogens is 1. The van der Waals surface area contributed by atoms with E-state index in [0.717, 1.165) is 12.8 Å². The van der Waals surface area contributed by atoms with Gasteiger partial charge in [-0.1, -0.05) is 0 Å². The Morgan fingerprint density at radius 3 is 2.71 bits per heavy atom. The minimum absolute atomic E-state index is 0.111. The van der Waals surface area contributed by atoms with E-state index in [-0.39, 0.29) is 23.5 Å². The van der Waals surface area contributed by atoms with Gasteiger partial charge in [0.15, 0.2) is 0 Å². The van der Waals surface area contributed by atoms with Crippen LogP contribution in [0.4, 0.5) is 10.1 Å². The lowest BCUT2D eigenvalue weighted by Gasteiger charge is -2.32. The molecule has 0 unspecified atom stereocenters. The summed E-state index contributed by atoms with van der Waals surface area (Å²) >= 11 is 0. The van der Waals surface area contributed by atoms with E-state index in [0.29, 0.717) is 24.3 Å². The van der Waals surface area contributed by atoms with Gasteiger partial charge in [-0.3, -0.25) is 14.6 Å². The molecule has 1 aromatic heterocycles. The van der Waals surface area contributed by atoms with Crippen molar-refractivity contribution in [3.63, 3.8) is 0 Å². The van der Waals surface area contributed by atoms with Crippen LogP contribution in [0.2, 0.25) is 0 Å². The summed E-state index contributed by atoms with van der Waals surface area (Å²) in [6.45, 7) is 0.967. The van der Waals surface area contributed by atoms with Gasteiger partial charge < -0.3 is 10.2 Å². The van der Waals surface area contributed by atoms with Gasteiger partial charge in [0.1, 0.15) is 5.82 Å². The van der Waals surface area contributed by atoms with Gasteiger partial charge in [-0.25, -0.2) is 4.39 Å². The number of pyridine rings is 1. The normalized spacial score (nSPS) is 17.4. The minimum Gasteiger partial charge on any atom is -0.338 e. The van der Waals surface area contributed by atoms with E-state index in [2.05, 4.69) is 10.3 Å². The number of carbonyl (C=O) groups is 2. The molecule has 0 bridgehead atoms. The number of likely N-dealkylation sites (tertiary alicyclic amines) is 1. The van der Waals surface area contributed by atoms with Crippen LogP contribution in [0.25, 0.3) is 0 Å². The number of anilines is 1. The van der Waals surface area contributed by atoms with Gasteiger partial charge in [-0.05, 0) is 49.2 Å². The molecule has 24 heavy (non-hydrogen) atoms. The molecule has 0 aliphatic carbocycles. The summed E-state index contributed by atoms with van der Waals surface area (Å²) in [6, 6.07) is 9.00. The van der Waals surface area contributed by atoms with Crippen molar-refractivity contribution in [2.24, 2.45) is 5.92 Å². The lowest BCUT2D eigenvalue weighted by Crippen LogP contribution is -2.43. The van der Waals surface area contributed by atoms with Crippen LogP contribution in [-0.2, 0) is 4.79 Å². The Balaban J connectivity index is 1.64. The molecule has 1 saturated heterocycles. The standard InChI is InChI=1S/C18H18FN3O2/c19-15-7-5-13(6-8-15)18(24)22-10-2-3-14(12-22)17(23)21-16-4-1-9-20-11-16/h1,4-9,11,14H,2-3,10,12H2,(H,21,23)/t14-/m0/s1. The summed E-state index contributed by atoms with van der Waals surface area (Å²) in [7, 11) is 0. The highest BCUT2D eigenvalue weighted by Gasteiger charge is 2.29. The van der Waals surface area contributed by atoms with Crippen LogP contribution < -0.4 is 5.32 Å². The van der Waals surface area contributed by atoms with Crippen molar-refractivity contribution in [3.05, 3.63) is 60.2 Å². The zero-order chi connectivity index (χ0) is 16.9. The number of amides is 2. The van der Waals surface area contributed by atoms with Crippen molar-refractivity contribution < 1.29 is 14.0 Å². The zero-order valence-electron chi connectivity index (χ0n) is 13.1. The first-order valence-electron chi connectivity index (χ1n) is 7.89. The number of piperidine rings is 1. The van der Waals surface area contributed by atoms with Crippen molar-refractivity contribution in [3.8, 4) is 0 Å². The second kappa shape index (κ2) is 7.21. The fraction of sp³-hybridized carbons (Fsp3) is 0.278. The van der Waals surface area contributed by atoms with Crippen LogP contribution in [0.15, 0.2) is 48.8 Å². The lowest BCUT2D eigenvalue weighted by molar-refractivity contribution is -0.121. The van der Waals surface area contributed by atoms with Crippen LogP contribution >= 0.6 is 0 Å². The number of aromatic nitrogens is 1. The van der Waals surface area contributed by atoms with Gasteiger partial charge in [-0.2, -0.15) is 0 Å². The summed E-state index contributed by atoms with van der Waals surface area (Å²) in [4.78, 5) is 30.5. The number of rotatable bonds is 3. The molecule has 0 radical (unpaired) electrons. The minimum atomic E-state index is -0.376. The SMILES string of the molecule is O=C(Nc1cccnc1)[C@H]1CCCN(C(=O)c2ccc(F)cc2)C1. The number of nitrogens with one attached hydrogen (secondary N) is 1. The molecule has 1 aliphatic heterocycles. The molecule has 2 amide bonds. The van der Waals surface area contributed by atoms with Gasteiger partial charge in [0.05, 0.1) is 17.8 Å². The van der Waals surface area contributed by atoms with Crippen LogP contribution in [0, 0.1) is 11.7 Å². The summed E-state index contributed by atoms with van der Waals surface area (Å²) in [6.07, 6.45) is 4.72. The Morgan fingerprint density at radius 1 is 1.21 bits per heavy atom. The molecule has 1 N–H and O–H groups in total. The number of nitrogens with zero attached hydrogens (tertiary/aromatic N) is 2. The first-order valence-corrected chi connectivity index (χ1v) is 7.89. The maximum absolute atomic E-state index is 13.0. The first kappa shape index (κ1) is 16.1. The Bertz CT molecular complexity index is 719. The van der Waals surface area contributed by atoms with Crippen molar-refractivity contribution in [2.75, 3.05) is 18.4 Å². The molecule has 2 heterocycles. The van der Waals surface area contributed by atoms with E-state index in [1.54, 1.807) is 29.4 Å². The number of hydrogen-bond donors (Lipinski definition) is 1. The summed E-state index contributed by atoms with van der Waals surface area (Å²) in [5.74, 6) is -0.921. The van der Waals surface area contributed by atoms with Crippen LogP contribution in [0.1, 0.15) is 23.2 Å². The van der Waals surface area contributed by atoms with Crippen molar-refractivity contribution >= 4 is 17.5 Å². The van der Waals surface area contributed by atoms with E-state index in [1.165, 1.54) is 24.3 Å². The maximum Gasteiger partial charge on any atom is 0.253 e. The fourth-order valence-corrected chi connectivity index (χ4v) is 2.83. The van der Waals surface area contributed by atoms with E-state index in [9.17, 15) is 14.0 Å². The zero-order valence-corrected chi connectivity index (χ0v) is 13.1. The number of hydrogen-bond acceptors (Lipinski definition) is 3. The summed E-state index contributed by atoms with van der Waals surface area (Å²) < 4.78 is 13.0. The van der Waals surface area contributed by atoms with E-state index < -0.39 is 0 Å². The second-order valence-electron chi connectivity index (χ2n) is 5.83. The van der Waals surface area contributed by atoms with Crippen LogP contribution in [0.3, 0.4) is 0 Å². The van der Waals surface area contributed by atoms with Crippen molar-refractivity contribution in [2.45, 2.75) is 12.8 Å². The molecule has 1 aliphatic rings. The number of carbonyl (C=O) groups excluding carboxylic acids is 2. The fourth-order valence-electron chi connectivity index (χ4n) is 2.83. The molecule has 3 rings (SSSR count). The summed E-state index contributed by atoms with van der Waals surface area (Å²) in [5, 5.41) is 2.83. The quantitative estimate of drug-likeness (QED) is 0.943. The number of benzene rings is 1. The van der Waals surface area contributed by atoms with Gasteiger partial charge >= 0.3 is 0 Å². The van der Waals surface area contributed by atoms with E-state index in [4.69, 9.17) is 0 Å². The molecule has 6 heteroatoms. The van der Waals surface area contributed by atoms with E-state index >= 15 is 0 Å². The van der Waals surface area contributed by atoms with Crippen LogP contribution in [-0.4, -0.2) is 34.8 Å². The second-order valence-corrected chi connectivity index (χ2v) is 5.83. The topological polar surface area (TPSA) is 62.3 Å². The molecule has 0 spiro atoms. The smallest absolute Gasteiger partial charge is 0.253 e. The molecular weight excluding hydrogens is 309 g/mol. The third kappa shape index (κ3) is 3.76. The molecule has 124 valence electrons. The first-order chi connectivity index (χ1) is 11.6. The average Bonchev–Trinajstić information content (AvgIpc) is 2.63. The van der Waals surface area contributed by atoms with E-state index in [1.807, 2.05) is 0 Å².